The molecule has 2 heterocycles. The number of hydrogen-bond donors (Lipinski definition) is 1. The third-order valence-corrected chi connectivity index (χ3v) is 3.80. The van der Waals surface area contributed by atoms with Gasteiger partial charge in [0.25, 0.3) is 0 Å². The van der Waals surface area contributed by atoms with Gasteiger partial charge in [-0.25, -0.2) is 4.79 Å². The summed E-state index contributed by atoms with van der Waals surface area (Å²) in [5.74, 6) is -2.71. The zero-order valence-electron chi connectivity index (χ0n) is 12.8. The molecule has 0 saturated carbocycles. The molecule has 120 valence electrons. The predicted octanol–water partition coefficient (Wildman–Crippen LogP) is 1.47. The largest absolute Gasteiger partial charge is 0.459 e. The molecular formula is C16H20O6. The van der Waals surface area contributed by atoms with Crippen LogP contribution in [0.1, 0.15) is 31.1 Å². The summed E-state index contributed by atoms with van der Waals surface area (Å²) in [5.41, 5.74) is 0.465. The highest BCUT2D eigenvalue weighted by Crippen LogP contribution is 2.42. The van der Waals surface area contributed by atoms with Crippen LogP contribution in [0.4, 0.5) is 0 Å². The van der Waals surface area contributed by atoms with Gasteiger partial charge in [0.15, 0.2) is 11.6 Å². The zero-order valence-corrected chi connectivity index (χ0v) is 12.8. The summed E-state index contributed by atoms with van der Waals surface area (Å²) in [7, 11) is 0. The summed E-state index contributed by atoms with van der Waals surface area (Å²) in [4.78, 5) is 12.0. The second-order valence-electron chi connectivity index (χ2n) is 6.20. The number of ether oxygens (including phenoxy) is 4. The van der Waals surface area contributed by atoms with Gasteiger partial charge in [0.1, 0.15) is 24.9 Å². The molecule has 2 fully saturated rings. The summed E-state index contributed by atoms with van der Waals surface area (Å²) in [6.45, 7) is 5.06. The van der Waals surface area contributed by atoms with Crippen LogP contribution in [0.25, 0.3) is 0 Å². The van der Waals surface area contributed by atoms with E-state index in [2.05, 4.69) is 0 Å². The molecule has 6 heteroatoms. The lowest BCUT2D eigenvalue weighted by molar-refractivity contribution is -0.268. The van der Waals surface area contributed by atoms with Crippen LogP contribution >= 0.6 is 0 Å². The van der Waals surface area contributed by atoms with E-state index in [9.17, 15) is 9.90 Å². The molecule has 2 aliphatic rings. The number of carbonyl (C=O) groups excluding carboxylic acids is 1. The maximum absolute atomic E-state index is 12.0. The van der Waals surface area contributed by atoms with Crippen molar-refractivity contribution in [1.29, 1.82) is 0 Å². The molecule has 0 aromatic heterocycles. The van der Waals surface area contributed by atoms with Gasteiger partial charge in [0, 0.05) is 0 Å². The number of esters is 1. The van der Waals surface area contributed by atoms with Crippen molar-refractivity contribution in [3.8, 4) is 0 Å². The van der Waals surface area contributed by atoms with Crippen molar-refractivity contribution in [3.05, 3.63) is 35.9 Å². The molecule has 0 amide bonds. The van der Waals surface area contributed by atoms with Gasteiger partial charge in [-0.3, -0.25) is 0 Å². The molecule has 1 N–H and O–H groups in total. The first-order chi connectivity index (χ1) is 10.3. The summed E-state index contributed by atoms with van der Waals surface area (Å²) in [5, 5.41) is 10.3. The lowest BCUT2D eigenvalue weighted by Crippen LogP contribution is -2.40. The number of fused-ring (bicyclic) bond motifs is 1. The molecule has 3 rings (SSSR count). The molecule has 1 aromatic rings. The first-order valence-corrected chi connectivity index (χ1v) is 7.26. The molecule has 2 aliphatic heterocycles. The van der Waals surface area contributed by atoms with Crippen LogP contribution < -0.4 is 0 Å². The monoisotopic (exact) mass is 308 g/mol. The van der Waals surface area contributed by atoms with E-state index < -0.39 is 35.9 Å². The number of rotatable bonds is 3. The second kappa shape index (κ2) is 5.31. The predicted molar refractivity (Wildman–Crippen MR) is 76.0 cm³/mol. The standard InChI is InChI=1S/C16H20O6/c1-15(2)21-12-11(20-16(3,18)13(12)22-15)9-19-14(17)10-7-5-4-6-8-10/h4-8,11-13,18H,9H2,1-3H3/t11-,12-,13-,16?/m1/s1. The zero-order chi connectivity index (χ0) is 16.0. The van der Waals surface area contributed by atoms with Crippen molar-refractivity contribution in [2.75, 3.05) is 6.61 Å². The van der Waals surface area contributed by atoms with Crippen molar-refractivity contribution in [3.63, 3.8) is 0 Å². The first-order valence-electron chi connectivity index (χ1n) is 7.26. The normalized spacial score (nSPS) is 36.1. The third kappa shape index (κ3) is 2.87. The molecule has 1 unspecified atom stereocenters. The molecule has 0 radical (unpaired) electrons. The number of aliphatic hydroxyl groups is 1. The van der Waals surface area contributed by atoms with Crippen LogP contribution in [0, 0.1) is 0 Å². The van der Waals surface area contributed by atoms with Gasteiger partial charge < -0.3 is 24.1 Å². The average molecular weight is 308 g/mol. The van der Waals surface area contributed by atoms with Gasteiger partial charge in [0.05, 0.1) is 5.56 Å². The van der Waals surface area contributed by atoms with Crippen molar-refractivity contribution in [2.45, 2.75) is 50.7 Å². The minimum Gasteiger partial charge on any atom is -0.459 e. The second-order valence-corrected chi connectivity index (χ2v) is 6.20. The highest BCUT2D eigenvalue weighted by Gasteiger charge is 2.60. The summed E-state index contributed by atoms with van der Waals surface area (Å²) < 4.78 is 22.2. The van der Waals surface area contributed by atoms with Crippen LogP contribution in [0.2, 0.25) is 0 Å². The first kappa shape index (κ1) is 15.4. The van der Waals surface area contributed by atoms with Crippen LogP contribution in [-0.4, -0.2) is 47.6 Å². The lowest BCUT2D eigenvalue weighted by atomic mass is 10.1. The van der Waals surface area contributed by atoms with Crippen molar-refractivity contribution in [1.82, 2.24) is 0 Å². The van der Waals surface area contributed by atoms with Gasteiger partial charge in [-0.1, -0.05) is 18.2 Å². The number of carbonyl (C=O) groups is 1. The van der Waals surface area contributed by atoms with Crippen molar-refractivity contribution >= 4 is 5.97 Å². The van der Waals surface area contributed by atoms with Crippen LogP contribution in [0.5, 0.6) is 0 Å². The highest BCUT2D eigenvalue weighted by atomic mass is 16.8. The van der Waals surface area contributed by atoms with E-state index in [0.29, 0.717) is 5.56 Å². The fourth-order valence-electron chi connectivity index (χ4n) is 2.86. The summed E-state index contributed by atoms with van der Waals surface area (Å²) >= 11 is 0. The molecule has 0 bridgehead atoms. The van der Waals surface area contributed by atoms with E-state index >= 15 is 0 Å². The van der Waals surface area contributed by atoms with Gasteiger partial charge in [-0.05, 0) is 32.9 Å². The molecule has 1 aromatic carbocycles. The summed E-state index contributed by atoms with van der Waals surface area (Å²) in [6, 6.07) is 8.70. The van der Waals surface area contributed by atoms with E-state index in [-0.39, 0.29) is 6.61 Å². The SMILES string of the molecule is CC1(C)O[C@H]2[C@@H](O1)C(C)(O)O[C@@H]2COC(=O)c1ccccc1. The summed E-state index contributed by atoms with van der Waals surface area (Å²) in [6.07, 6.45) is -1.66. The molecule has 4 atom stereocenters. The minimum atomic E-state index is -1.47. The minimum absolute atomic E-state index is 0.00944. The molecule has 0 spiro atoms. The van der Waals surface area contributed by atoms with Crippen molar-refractivity contribution in [2.24, 2.45) is 0 Å². The Balaban J connectivity index is 1.65. The Labute approximate surface area is 128 Å². The van der Waals surface area contributed by atoms with Crippen molar-refractivity contribution < 1.29 is 28.8 Å². The van der Waals surface area contributed by atoms with Crippen LogP contribution in [-0.2, 0) is 18.9 Å². The Morgan fingerprint density at radius 1 is 1.18 bits per heavy atom. The Morgan fingerprint density at radius 2 is 1.86 bits per heavy atom. The number of hydrogen-bond acceptors (Lipinski definition) is 6. The number of benzene rings is 1. The quantitative estimate of drug-likeness (QED) is 0.852. The van der Waals surface area contributed by atoms with E-state index in [1.807, 2.05) is 6.07 Å². The van der Waals surface area contributed by atoms with Gasteiger partial charge >= 0.3 is 5.97 Å². The topological polar surface area (TPSA) is 74.2 Å². The van der Waals surface area contributed by atoms with E-state index in [1.54, 1.807) is 38.1 Å². The van der Waals surface area contributed by atoms with E-state index in [1.165, 1.54) is 6.92 Å². The fourth-order valence-corrected chi connectivity index (χ4v) is 2.86. The van der Waals surface area contributed by atoms with Gasteiger partial charge in [0.2, 0.25) is 0 Å². The van der Waals surface area contributed by atoms with Gasteiger partial charge in [-0.15, -0.1) is 0 Å². The average Bonchev–Trinajstić information content (AvgIpc) is 2.90. The maximum Gasteiger partial charge on any atom is 0.338 e. The molecule has 0 aliphatic carbocycles. The van der Waals surface area contributed by atoms with E-state index in [0.717, 1.165) is 0 Å². The Morgan fingerprint density at radius 3 is 2.55 bits per heavy atom. The molecule has 2 saturated heterocycles. The Bertz CT molecular complexity index is 553. The molecular weight excluding hydrogens is 288 g/mol. The Kier molecular flexibility index (Phi) is 3.72. The van der Waals surface area contributed by atoms with Crippen LogP contribution in [0.3, 0.4) is 0 Å². The third-order valence-electron chi connectivity index (χ3n) is 3.80. The van der Waals surface area contributed by atoms with Gasteiger partial charge in [-0.2, -0.15) is 0 Å². The highest BCUT2D eigenvalue weighted by molar-refractivity contribution is 5.89. The van der Waals surface area contributed by atoms with E-state index in [4.69, 9.17) is 18.9 Å². The smallest absolute Gasteiger partial charge is 0.338 e. The molecule has 6 nitrogen and oxygen atoms in total. The lowest BCUT2D eigenvalue weighted by Gasteiger charge is -2.26. The molecule has 22 heavy (non-hydrogen) atoms. The Hall–Kier alpha value is -1.47. The fraction of sp³-hybridized carbons (Fsp3) is 0.562. The van der Waals surface area contributed by atoms with Crippen LogP contribution in [0.15, 0.2) is 30.3 Å². The maximum atomic E-state index is 12.0.